The maximum absolute atomic E-state index is 11.6. The Morgan fingerprint density at radius 3 is 2.62 bits per heavy atom. The van der Waals surface area contributed by atoms with Crippen LogP contribution in [-0.4, -0.2) is 25.2 Å². The highest BCUT2D eigenvalue weighted by Gasteiger charge is 2.48. The predicted molar refractivity (Wildman–Crippen MR) is 56.6 cm³/mol. The largest absolute Gasteiger partial charge is 0.468 e. The van der Waals surface area contributed by atoms with Gasteiger partial charge in [0, 0.05) is 5.92 Å². The Balaban J connectivity index is 2.12. The first-order valence-corrected chi connectivity index (χ1v) is 6.02. The molecule has 4 heteroatoms. The Hall–Kier alpha value is -1.06. The SMILES string of the molecule is COC(=O)C1C(=O)OC2CCCCCCC21. The minimum atomic E-state index is -0.673. The summed E-state index contributed by atoms with van der Waals surface area (Å²) in [5, 5.41) is 0. The summed E-state index contributed by atoms with van der Waals surface area (Å²) in [5.74, 6) is -1.45. The topological polar surface area (TPSA) is 52.6 Å². The molecule has 1 heterocycles. The fourth-order valence-corrected chi connectivity index (χ4v) is 2.80. The molecule has 1 aliphatic carbocycles. The lowest BCUT2D eigenvalue weighted by Gasteiger charge is -2.22. The lowest BCUT2D eigenvalue weighted by molar-refractivity contribution is -0.155. The van der Waals surface area contributed by atoms with Crippen LogP contribution in [0, 0.1) is 11.8 Å². The Kier molecular flexibility index (Phi) is 3.46. The van der Waals surface area contributed by atoms with E-state index in [1.165, 1.54) is 20.0 Å². The van der Waals surface area contributed by atoms with Crippen LogP contribution in [0.25, 0.3) is 0 Å². The quantitative estimate of drug-likeness (QED) is 0.504. The summed E-state index contributed by atoms with van der Waals surface area (Å²) >= 11 is 0. The van der Waals surface area contributed by atoms with Crippen molar-refractivity contribution < 1.29 is 19.1 Å². The number of fused-ring (bicyclic) bond motifs is 1. The molecular formula is C12H18O4. The Labute approximate surface area is 95.3 Å². The highest BCUT2D eigenvalue weighted by Crippen LogP contribution is 2.37. The summed E-state index contributed by atoms with van der Waals surface area (Å²) in [7, 11) is 1.33. The molecule has 3 atom stereocenters. The zero-order valence-corrected chi connectivity index (χ0v) is 9.61. The van der Waals surface area contributed by atoms with Crippen LogP contribution >= 0.6 is 0 Å². The summed E-state index contributed by atoms with van der Waals surface area (Å²) in [6.07, 6.45) is 6.28. The molecular weight excluding hydrogens is 208 g/mol. The summed E-state index contributed by atoms with van der Waals surface area (Å²) in [6.45, 7) is 0. The number of hydrogen-bond donors (Lipinski definition) is 0. The fraction of sp³-hybridized carbons (Fsp3) is 0.833. The minimum Gasteiger partial charge on any atom is -0.468 e. The molecule has 0 aromatic heterocycles. The first-order chi connectivity index (χ1) is 7.74. The van der Waals surface area contributed by atoms with Crippen LogP contribution in [0.5, 0.6) is 0 Å². The van der Waals surface area contributed by atoms with E-state index in [0.717, 1.165) is 25.7 Å². The highest BCUT2D eigenvalue weighted by molar-refractivity contribution is 5.96. The van der Waals surface area contributed by atoms with Crippen molar-refractivity contribution in [2.45, 2.75) is 44.6 Å². The van der Waals surface area contributed by atoms with Crippen molar-refractivity contribution in [2.75, 3.05) is 7.11 Å². The zero-order valence-electron chi connectivity index (χ0n) is 9.61. The van der Waals surface area contributed by atoms with Gasteiger partial charge in [0.15, 0.2) is 5.92 Å². The Morgan fingerprint density at radius 2 is 1.94 bits per heavy atom. The third kappa shape index (κ3) is 2.06. The number of esters is 2. The molecule has 2 rings (SSSR count). The average molecular weight is 226 g/mol. The molecule has 4 nitrogen and oxygen atoms in total. The molecule has 0 amide bonds. The normalized spacial score (nSPS) is 34.6. The van der Waals surface area contributed by atoms with E-state index >= 15 is 0 Å². The second-order valence-electron chi connectivity index (χ2n) is 4.63. The molecule has 16 heavy (non-hydrogen) atoms. The van der Waals surface area contributed by atoms with Crippen LogP contribution in [0.2, 0.25) is 0 Å². The predicted octanol–water partition coefficient (Wildman–Crippen LogP) is 1.67. The van der Waals surface area contributed by atoms with Crippen molar-refractivity contribution in [1.82, 2.24) is 0 Å². The van der Waals surface area contributed by atoms with E-state index in [1.807, 2.05) is 0 Å². The van der Waals surface area contributed by atoms with Crippen LogP contribution in [0.15, 0.2) is 0 Å². The molecule has 3 unspecified atom stereocenters. The summed E-state index contributed by atoms with van der Waals surface area (Å²) in [6, 6.07) is 0. The molecule has 1 saturated carbocycles. The van der Waals surface area contributed by atoms with E-state index in [0.29, 0.717) is 0 Å². The van der Waals surface area contributed by atoms with Gasteiger partial charge in [-0.3, -0.25) is 9.59 Å². The third-order valence-electron chi connectivity index (χ3n) is 3.66. The fourth-order valence-electron chi connectivity index (χ4n) is 2.80. The number of methoxy groups -OCH3 is 1. The van der Waals surface area contributed by atoms with Gasteiger partial charge in [-0.25, -0.2) is 0 Å². The van der Waals surface area contributed by atoms with E-state index in [-0.39, 0.29) is 18.0 Å². The van der Waals surface area contributed by atoms with Crippen molar-refractivity contribution in [3.05, 3.63) is 0 Å². The van der Waals surface area contributed by atoms with Crippen LogP contribution < -0.4 is 0 Å². The molecule has 2 fully saturated rings. The molecule has 1 saturated heterocycles. The number of ether oxygens (including phenoxy) is 2. The van der Waals surface area contributed by atoms with Crippen LogP contribution in [0.3, 0.4) is 0 Å². The van der Waals surface area contributed by atoms with Crippen molar-refractivity contribution in [1.29, 1.82) is 0 Å². The minimum absolute atomic E-state index is 0.0419. The van der Waals surface area contributed by atoms with E-state index in [4.69, 9.17) is 4.74 Å². The second kappa shape index (κ2) is 4.85. The lowest BCUT2D eigenvalue weighted by Crippen LogP contribution is -2.29. The molecule has 0 N–H and O–H groups in total. The maximum Gasteiger partial charge on any atom is 0.321 e. The second-order valence-corrected chi connectivity index (χ2v) is 4.63. The summed E-state index contributed by atoms with van der Waals surface area (Å²) < 4.78 is 9.98. The number of carbonyl (C=O) groups excluding carboxylic acids is 2. The van der Waals surface area contributed by atoms with Crippen LogP contribution in [0.1, 0.15) is 38.5 Å². The molecule has 0 aromatic carbocycles. The van der Waals surface area contributed by atoms with Gasteiger partial charge in [-0.1, -0.05) is 19.3 Å². The van der Waals surface area contributed by atoms with Crippen molar-refractivity contribution >= 4 is 11.9 Å². The van der Waals surface area contributed by atoms with Crippen LogP contribution in [0.4, 0.5) is 0 Å². The highest BCUT2D eigenvalue weighted by atomic mass is 16.6. The molecule has 0 bridgehead atoms. The van der Waals surface area contributed by atoms with Gasteiger partial charge in [-0.05, 0) is 19.3 Å². The van der Waals surface area contributed by atoms with Gasteiger partial charge in [-0.15, -0.1) is 0 Å². The maximum atomic E-state index is 11.6. The number of rotatable bonds is 1. The molecule has 1 aliphatic heterocycles. The van der Waals surface area contributed by atoms with Crippen molar-refractivity contribution in [3.8, 4) is 0 Å². The average Bonchev–Trinajstić information content (AvgIpc) is 2.54. The van der Waals surface area contributed by atoms with Crippen molar-refractivity contribution in [3.63, 3.8) is 0 Å². The van der Waals surface area contributed by atoms with Crippen LogP contribution in [-0.2, 0) is 19.1 Å². The molecule has 0 spiro atoms. The molecule has 2 aliphatic rings. The lowest BCUT2D eigenvalue weighted by atomic mass is 9.82. The van der Waals surface area contributed by atoms with Gasteiger partial charge in [0.2, 0.25) is 0 Å². The molecule has 90 valence electrons. The number of hydrogen-bond acceptors (Lipinski definition) is 4. The van der Waals surface area contributed by atoms with Gasteiger partial charge in [0.1, 0.15) is 6.10 Å². The van der Waals surface area contributed by atoms with Gasteiger partial charge in [0.25, 0.3) is 0 Å². The molecule has 0 radical (unpaired) electrons. The van der Waals surface area contributed by atoms with Gasteiger partial charge < -0.3 is 9.47 Å². The van der Waals surface area contributed by atoms with E-state index in [1.54, 1.807) is 0 Å². The molecule has 0 aromatic rings. The smallest absolute Gasteiger partial charge is 0.321 e. The van der Waals surface area contributed by atoms with E-state index in [9.17, 15) is 9.59 Å². The van der Waals surface area contributed by atoms with Gasteiger partial charge in [0.05, 0.1) is 7.11 Å². The monoisotopic (exact) mass is 226 g/mol. The first-order valence-electron chi connectivity index (χ1n) is 6.02. The van der Waals surface area contributed by atoms with Crippen molar-refractivity contribution in [2.24, 2.45) is 11.8 Å². The van der Waals surface area contributed by atoms with Gasteiger partial charge in [-0.2, -0.15) is 0 Å². The van der Waals surface area contributed by atoms with E-state index < -0.39 is 11.9 Å². The number of carbonyl (C=O) groups is 2. The Bertz CT molecular complexity index is 287. The summed E-state index contributed by atoms with van der Waals surface area (Å²) in [4.78, 5) is 23.2. The Morgan fingerprint density at radius 1 is 1.25 bits per heavy atom. The standard InChI is InChI=1S/C12H18O4/c1-15-11(13)10-8-6-4-2-3-5-7-9(8)16-12(10)14/h8-10H,2-7H2,1H3. The zero-order chi connectivity index (χ0) is 11.5. The summed E-state index contributed by atoms with van der Waals surface area (Å²) in [5.41, 5.74) is 0. The van der Waals surface area contributed by atoms with E-state index in [2.05, 4.69) is 4.74 Å². The first kappa shape index (κ1) is 11.4. The van der Waals surface area contributed by atoms with Gasteiger partial charge >= 0.3 is 11.9 Å². The third-order valence-corrected chi connectivity index (χ3v) is 3.66.